The van der Waals surface area contributed by atoms with Crippen LogP contribution < -0.4 is 5.32 Å². The number of aryl methyl sites for hydroxylation is 2. The third-order valence-corrected chi connectivity index (χ3v) is 3.57. The Hall–Kier alpha value is -1.32. The molecule has 0 amide bonds. The summed E-state index contributed by atoms with van der Waals surface area (Å²) in [6.45, 7) is 4.99. The first-order valence-corrected chi connectivity index (χ1v) is 6.50. The van der Waals surface area contributed by atoms with Gasteiger partial charge in [-0.2, -0.15) is 5.10 Å². The summed E-state index contributed by atoms with van der Waals surface area (Å²) >= 11 is 6.07. The minimum absolute atomic E-state index is 0.142. The predicted molar refractivity (Wildman–Crippen MR) is 75.0 cm³/mol. The maximum Gasteiger partial charge on any atom is 0.0745 e. The highest BCUT2D eigenvalue weighted by Crippen LogP contribution is 2.25. The molecule has 0 aliphatic carbocycles. The Bertz CT molecular complexity index is 534. The first-order chi connectivity index (χ1) is 8.67. The molecule has 1 heterocycles. The molecule has 96 valence electrons. The van der Waals surface area contributed by atoms with E-state index in [1.165, 1.54) is 11.3 Å². The van der Waals surface area contributed by atoms with Crippen molar-refractivity contribution in [1.29, 1.82) is 0 Å². The monoisotopic (exact) mass is 263 g/mol. The van der Waals surface area contributed by atoms with Crippen molar-refractivity contribution in [2.75, 3.05) is 7.05 Å². The molecule has 0 saturated carbocycles. The van der Waals surface area contributed by atoms with Crippen LogP contribution in [0.5, 0.6) is 0 Å². The van der Waals surface area contributed by atoms with E-state index in [9.17, 15) is 0 Å². The molecule has 1 atom stereocenters. The van der Waals surface area contributed by atoms with Crippen LogP contribution in [0.15, 0.2) is 30.5 Å². The third-order valence-electron chi connectivity index (χ3n) is 3.15. The molecule has 0 fully saturated rings. The van der Waals surface area contributed by atoms with Crippen LogP contribution in [0.1, 0.15) is 29.8 Å². The van der Waals surface area contributed by atoms with Gasteiger partial charge in [0.25, 0.3) is 0 Å². The van der Waals surface area contributed by atoms with Gasteiger partial charge >= 0.3 is 0 Å². The van der Waals surface area contributed by atoms with E-state index < -0.39 is 0 Å². The molecule has 1 N–H and O–H groups in total. The van der Waals surface area contributed by atoms with E-state index in [2.05, 4.69) is 35.5 Å². The molecule has 18 heavy (non-hydrogen) atoms. The van der Waals surface area contributed by atoms with Crippen molar-refractivity contribution < 1.29 is 0 Å². The molecule has 2 rings (SSSR count). The zero-order chi connectivity index (χ0) is 13.1. The van der Waals surface area contributed by atoms with Crippen LogP contribution >= 0.6 is 11.6 Å². The van der Waals surface area contributed by atoms with E-state index in [-0.39, 0.29) is 6.04 Å². The zero-order valence-corrected chi connectivity index (χ0v) is 11.7. The second-order valence-electron chi connectivity index (χ2n) is 4.30. The van der Waals surface area contributed by atoms with Gasteiger partial charge in [0.1, 0.15) is 0 Å². The lowest BCUT2D eigenvalue weighted by molar-refractivity contribution is 0.563. The van der Waals surface area contributed by atoms with Gasteiger partial charge in [-0.25, -0.2) is 0 Å². The molecule has 3 nitrogen and oxygen atoms in total. The zero-order valence-electron chi connectivity index (χ0n) is 10.9. The topological polar surface area (TPSA) is 29.9 Å². The third kappa shape index (κ3) is 2.42. The standard InChI is InChI=1S/C14H18ClN3/c1-4-18-13(7-8-17-18)14(16-3)11-5-6-12(15)10(2)9-11/h5-9,14,16H,4H2,1-3H3. The molecule has 0 aliphatic heterocycles. The molecule has 0 radical (unpaired) electrons. The molecule has 1 unspecified atom stereocenters. The lowest BCUT2D eigenvalue weighted by Gasteiger charge is -2.18. The fraction of sp³-hybridized carbons (Fsp3) is 0.357. The van der Waals surface area contributed by atoms with E-state index in [0.29, 0.717) is 0 Å². The normalized spacial score (nSPS) is 12.7. The number of benzene rings is 1. The van der Waals surface area contributed by atoms with Crippen LogP contribution in [-0.2, 0) is 6.54 Å². The number of hydrogen-bond acceptors (Lipinski definition) is 2. The summed E-state index contributed by atoms with van der Waals surface area (Å²) in [5, 5.41) is 8.46. The average molecular weight is 264 g/mol. The van der Waals surface area contributed by atoms with Crippen LogP contribution in [0.25, 0.3) is 0 Å². The van der Waals surface area contributed by atoms with Gasteiger partial charge in [-0.05, 0) is 44.2 Å². The van der Waals surface area contributed by atoms with Gasteiger partial charge in [0.2, 0.25) is 0 Å². The second kappa shape index (κ2) is 5.55. The smallest absolute Gasteiger partial charge is 0.0745 e. The summed E-state index contributed by atoms with van der Waals surface area (Å²) in [5.74, 6) is 0. The Morgan fingerprint density at radius 3 is 2.78 bits per heavy atom. The Morgan fingerprint density at radius 1 is 1.39 bits per heavy atom. The SMILES string of the molecule is CCn1nccc1C(NC)c1ccc(Cl)c(C)c1. The number of hydrogen-bond donors (Lipinski definition) is 1. The summed E-state index contributed by atoms with van der Waals surface area (Å²) < 4.78 is 2.01. The fourth-order valence-corrected chi connectivity index (χ4v) is 2.30. The Kier molecular flexibility index (Phi) is 4.04. The molecule has 0 bridgehead atoms. The lowest BCUT2D eigenvalue weighted by atomic mass is 10.0. The quantitative estimate of drug-likeness (QED) is 0.918. The Morgan fingerprint density at radius 2 is 2.17 bits per heavy atom. The van der Waals surface area contributed by atoms with Crippen molar-refractivity contribution in [1.82, 2.24) is 15.1 Å². The number of halogens is 1. The van der Waals surface area contributed by atoms with Crippen molar-refractivity contribution >= 4 is 11.6 Å². The molecular weight excluding hydrogens is 246 g/mol. The van der Waals surface area contributed by atoms with Crippen LogP contribution in [0.3, 0.4) is 0 Å². The summed E-state index contributed by atoms with van der Waals surface area (Å²) in [4.78, 5) is 0. The van der Waals surface area contributed by atoms with Gasteiger partial charge in [-0.15, -0.1) is 0 Å². The number of aromatic nitrogens is 2. The van der Waals surface area contributed by atoms with E-state index in [1.807, 2.05) is 30.9 Å². The van der Waals surface area contributed by atoms with Gasteiger partial charge in [0.05, 0.1) is 11.7 Å². The van der Waals surface area contributed by atoms with Gasteiger partial charge in [0, 0.05) is 17.8 Å². The Balaban J connectivity index is 2.42. The summed E-state index contributed by atoms with van der Waals surface area (Å²) in [5.41, 5.74) is 3.47. The van der Waals surface area contributed by atoms with Crippen molar-refractivity contribution in [3.63, 3.8) is 0 Å². The van der Waals surface area contributed by atoms with Gasteiger partial charge in [-0.1, -0.05) is 23.7 Å². The highest BCUT2D eigenvalue weighted by Gasteiger charge is 2.16. The molecule has 4 heteroatoms. The van der Waals surface area contributed by atoms with Crippen LogP contribution in [-0.4, -0.2) is 16.8 Å². The van der Waals surface area contributed by atoms with Crippen molar-refractivity contribution in [2.24, 2.45) is 0 Å². The first-order valence-electron chi connectivity index (χ1n) is 6.12. The maximum atomic E-state index is 6.07. The van der Waals surface area contributed by atoms with Crippen LogP contribution in [0.2, 0.25) is 5.02 Å². The van der Waals surface area contributed by atoms with Gasteiger partial charge in [-0.3, -0.25) is 4.68 Å². The molecule has 2 aromatic rings. The number of nitrogens with zero attached hydrogens (tertiary/aromatic N) is 2. The highest BCUT2D eigenvalue weighted by atomic mass is 35.5. The van der Waals surface area contributed by atoms with Crippen molar-refractivity contribution in [2.45, 2.75) is 26.4 Å². The largest absolute Gasteiger partial charge is 0.308 e. The van der Waals surface area contributed by atoms with E-state index in [4.69, 9.17) is 11.6 Å². The van der Waals surface area contributed by atoms with Gasteiger partial charge < -0.3 is 5.32 Å². The summed E-state index contributed by atoms with van der Waals surface area (Å²) in [6.07, 6.45) is 1.84. The minimum atomic E-state index is 0.142. The molecule has 1 aromatic heterocycles. The van der Waals surface area contributed by atoms with E-state index >= 15 is 0 Å². The fourth-order valence-electron chi connectivity index (χ4n) is 2.19. The highest BCUT2D eigenvalue weighted by molar-refractivity contribution is 6.31. The minimum Gasteiger partial charge on any atom is -0.308 e. The second-order valence-corrected chi connectivity index (χ2v) is 4.71. The lowest BCUT2D eigenvalue weighted by Crippen LogP contribution is -2.21. The maximum absolute atomic E-state index is 6.07. The van der Waals surface area contributed by atoms with E-state index in [0.717, 1.165) is 17.1 Å². The Labute approximate surface area is 113 Å². The average Bonchev–Trinajstić information content (AvgIpc) is 2.83. The summed E-state index contributed by atoms with van der Waals surface area (Å²) in [6, 6.07) is 8.32. The number of nitrogens with one attached hydrogen (secondary N) is 1. The molecular formula is C14H18ClN3. The summed E-state index contributed by atoms with van der Waals surface area (Å²) in [7, 11) is 1.96. The first kappa shape index (κ1) is 13.1. The predicted octanol–water partition coefficient (Wildman–Crippen LogP) is 3.17. The molecule has 0 spiro atoms. The molecule has 1 aromatic carbocycles. The van der Waals surface area contributed by atoms with Crippen molar-refractivity contribution in [3.8, 4) is 0 Å². The van der Waals surface area contributed by atoms with Crippen LogP contribution in [0, 0.1) is 6.92 Å². The molecule has 0 saturated heterocycles. The number of rotatable bonds is 4. The van der Waals surface area contributed by atoms with E-state index in [1.54, 1.807) is 0 Å². The molecule has 0 aliphatic rings. The van der Waals surface area contributed by atoms with Crippen molar-refractivity contribution in [3.05, 3.63) is 52.3 Å². The van der Waals surface area contributed by atoms with Gasteiger partial charge in [0.15, 0.2) is 0 Å². The van der Waals surface area contributed by atoms with Crippen LogP contribution in [0.4, 0.5) is 0 Å².